The molecule has 0 aliphatic heterocycles. The van der Waals surface area contributed by atoms with Gasteiger partial charge in [-0.25, -0.2) is 14.4 Å². The molecule has 1 rings (SSSR count). The van der Waals surface area contributed by atoms with Gasteiger partial charge < -0.3 is 25.2 Å². The molecule has 0 aliphatic rings. The van der Waals surface area contributed by atoms with Gasteiger partial charge in [-0.3, -0.25) is 0 Å². The monoisotopic (exact) mass is 404 g/mol. The predicted octanol–water partition coefficient (Wildman–Crippen LogP) is 3.04. The number of amides is 2. The fourth-order valence-electron chi connectivity index (χ4n) is 2.27. The first-order valence-electron chi connectivity index (χ1n) is 9.29. The summed E-state index contributed by atoms with van der Waals surface area (Å²) < 4.78 is 10.2. The molecule has 0 radical (unpaired) electrons. The van der Waals surface area contributed by atoms with E-state index in [9.17, 15) is 19.5 Å². The van der Waals surface area contributed by atoms with Crippen molar-refractivity contribution in [2.75, 3.05) is 6.54 Å². The van der Waals surface area contributed by atoms with Crippen LogP contribution in [-0.4, -0.2) is 41.4 Å². The number of alkyl carbamates (subject to hydrolysis) is 2. The Kier molecular flexibility index (Phi) is 9.52. The SMILES string of the molecule is C#Cc1ccc(COC(=O)NCCCCC(NC(=O)OC(C)(C)C)C(=O)O)cc1. The average Bonchev–Trinajstić information content (AvgIpc) is 2.64. The highest BCUT2D eigenvalue weighted by molar-refractivity contribution is 5.79. The lowest BCUT2D eigenvalue weighted by molar-refractivity contribution is -0.139. The Hall–Kier alpha value is -3.21. The fourth-order valence-corrected chi connectivity index (χ4v) is 2.27. The summed E-state index contributed by atoms with van der Waals surface area (Å²) >= 11 is 0. The van der Waals surface area contributed by atoms with Gasteiger partial charge in [-0.15, -0.1) is 6.42 Å². The minimum Gasteiger partial charge on any atom is -0.480 e. The van der Waals surface area contributed by atoms with E-state index in [0.717, 1.165) is 11.1 Å². The second-order valence-electron chi connectivity index (χ2n) is 7.38. The fraction of sp³-hybridized carbons (Fsp3) is 0.476. The van der Waals surface area contributed by atoms with Crippen molar-refractivity contribution < 1.29 is 29.0 Å². The highest BCUT2D eigenvalue weighted by Crippen LogP contribution is 2.08. The van der Waals surface area contributed by atoms with Gasteiger partial charge >= 0.3 is 18.2 Å². The molecular weight excluding hydrogens is 376 g/mol. The molecule has 8 heteroatoms. The summed E-state index contributed by atoms with van der Waals surface area (Å²) in [6.45, 7) is 5.53. The summed E-state index contributed by atoms with van der Waals surface area (Å²) in [7, 11) is 0. The van der Waals surface area contributed by atoms with Crippen molar-refractivity contribution in [2.45, 2.75) is 58.3 Å². The van der Waals surface area contributed by atoms with Crippen LogP contribution in [0, 0.1) is 12.3 Å². The van der Waals surface area contributed by atoms with E-state index in [1.807, 2.05) is 0 Å². The first-order valence-corrected chi connectivity index (χ1v) is 9.29. The summed E-state index contributed by atoms with van der Waals surface area (Å²) in [5, 5.41) is 14.1. The summed E-state index contributed by atoms with van der Waals surface area (Å²) in [4.78, 5) is 34.6. The van der Waals surface area contributed by atoms with Crippen LogP contribution in [0.25, 0.3) is 0 Å². The van der Waals surface area contributed by atoms with E-state index in [-0.39, 0.29) is 13.0 Å². The molecule has 0 bridgehead atoms. The third-order valence-corrected chi connectivity index (χ3v) is 3.67. The lowest BCUT2D eigenvalue weighted by Gasteiger charge is -2.22. The summed E-state index contributed by atoms with van der Waals surface area (Å²) in [6.07, 6.45) is 5.18. The van der Waals surface area contributed by atoms with Crippen LogP contribution >= 0.6 is 0 Å². The molecule has 8 nitrogen and oxygen atoms in total. The molecule has 0 aromatic heterocycles. The minimum atomic E-state index is -1.14. The predicted molar refractivity (Wildman–Crippen MR) is 107 cm³/mol. The number of hydrogen-bond donors (Lipinski definition) is 3. The quantitative estimate of drug-likeness (QED) is 0.431. The molecule has 158 valence electrons. The number of unbranched alkanes of at least 4 members (excludes halogenated alkanes) is 1. The first-order chi connectivity index (χ1) is 13.6. The van der Waals surface area contributed by atoms with Gasteiger partial charge in [-0.1, -0.05) is 18.1 Å². The zero-order valence-corrected chi connectivity index (χ0v) is 17.0. The van der Waals surface area contributed by atoms with Crippen molar-refractivity contribution in [3.8, 4) is 12.3 Å². The van der Waals surface area contributed by atoms with E-state index in [4.69, 9.17) is 15.9 Å². The van der Waals surface area contributed by atoms with Crippen LogP contribution in [0.5, 0.6) is 0 Å². The zero-order valence-electron chi connectivity index (χ0n) is 17.0. The number of terminal acetylenes is 1. The lowest BCUT2D eigenvalue weighted by Crippen LogP contribution is -2.43. The van der Waals surface area contributed by atoms with E-state index < -0.39 is 29.8 Å². The highest BCUT2D eigenvalue weighted by atomic mass is 16.6. The molecule has 0 aliphatic carbocycles. The Morgan fingerprint density at radius 1 is 1.14 bits per heavy atom. The number of hydrogen-bond acceptors (Lipinski definition) is 5. The smallest absolute Gasteiger partial charge is 0.408 e. The number of ether oxygens (including phenoxy) is 2. The lowest BCUT2D eigenvalue weighted by atomic mass is 10.1. The molecule has 29 heavy (non-hydrogen) atoms. The molecule has 1 atom stereocenters. The molecule has 1 unspecified atom stereocenters. The maximum absolute atomic E-state index is 11.7. The van der Waals surface area contributed by atoms with E-state index >= 15 is 0 Å². The Morgan fingerprint density at radius 2 is 1.79 bits per heavy atom. The van der Waals surface area contributed by atoms with E-state index in [2.05, 4.69) is 16.6 Å². The largest absolute Gasteiger partial charge is 0.480 e. The van der Waals surface area contributed by atoms with Crippen LogP contribution in [0.15, 0.2) is 24.3 Å². The van der Waals surface area contributed by atoms with Gasteiger partial charge in [0.05, 0.1) is 0 Å². The standard InChI is InChI=1S/C21H28N2O6/c1-5-15-9-11-16(12-10-15)14-28-19(26)22-13-7-6-8-17(18(24)25)23-20(27)29-21(2,3)4/h1,9-12,17H,6-8,13-14H2,2-4H3,(H,22,26)(H,23,27)(H,24,25). The number of nitrogens with one attached hydrogen (secondary N) is 2. The number of carboxylic acid groups (broad SMARTS) is 1. The molecule has 0 saturated heterocycles. The molecule has 0 heterocycles. The average molecular weight is 404 g/mol. The van der Waals surface area contributed by atoms with E-state index in [1.165, 1.54) is 0 Å². The van der Waals surface area contributed by atoms with Gasteiger partial charge in [0, 0.05) is 12.1 Å². The van der Waals surface area contributed by atoms with Crippen LogP contribution in [0.4, 0.5) is 9.59 Å². The second-order valence-corrected chi connectivity index (χ2v) is 7.38. The van der Waals surface area contributed by atoms with Crippen LogP contribution in [0.2, 0.25) is 0 Å². The maximum Gasteiger partial charge on any atom is 0.408 e. The van der Waals surface area contributed by atoms with E-state index in [1.54, 1.807) is 45.0 Å². The molecule has 2 amide bonds. The highest BCUT2D eigenvalue weighted by Gasteiger charge is 2.23. The van der Waals surface area contributed by atoms with E-state index in [0.29, 0.717) is 19.4 Å². The number of rotatable bonds is 9. The molecular formula is C21H28N2O6. The Labute approximate surface area is 171 Å². The Balaban J connectivity index is 2.24. The van der Waals surface area contributed by atoms with Crippen molar-refractivity contribution in [3.05, 3.63) is 35.4 Å². The molecule has 0 spiro atoms. The summed E-state index contributed by atoms with van der Waals surface area (Å²) in [6, 6.07) is 6.04. The Morgan fingerprint density at radius 3 is 2.34 bits per heavy atom. The van der Waals surface area contributed by atoms with Crippen LogP contribution < -0.4 is 10.6 Å². The van der Waals surface area contributed by atoms with Crippen molar-refractivity contribution in [1.82, 2.24) is 10.6 Å². The number of carboxylic acids is 1. The second kappa shape index (κ2) is 11.6. The molecule has 0 saturated carbocycles. The first kappa shape index (κ1) is 23.8. The van der Waals surface area contributed by atoms with Crippen LogP contribution in [0.3, 0.4) is 0 Å². The van der Waals surface area contributed by atoms with Crippen LogP contribution in [0.1, 0.15) is 51.2 Å². The maximum atomic E-state index is 11.7. The third-order valence-electron chi connectivity index (χ3n) is 3.67. The number of benzene rings is 1. The van der Waals surface area contributed by atoms with Gasteiger partial charge in [0.1, 0.15) is 18.2 Å². The molecule has 1 aromatic rings. The van der Waals surface area contributed by atoms with Gasteiger partial charge in [-0.2, -0.15) is 0 Å². The number of carbonyl (C=O) groups is 3. The van der Waals surface area contributed by atoms with Gasteiger partial charge in [0.15, 0.2) is 0 Å². The van der Waals surface area contributed by atoms with Crippen LogP contribution in [-0.2, 0) is 20.9 Å². The summed E-state index contributed by atoms with van der Waals surface area (Å²) in [5.41, 5.74) is 0.858. The zero-order chi connectivity index (χ0) is 21.9. The minimum absolute atomic E-state index is 0.123. The van der Waals surface area contributed by atoms with Crippen molar-refractivity contribution in [3.63, 3.8) is 0 Å². The normalized spacial score (nSPS) is 11.7. The summed E-state index contributed by atoms with van der Waals surface area (Å²) in [5.74, 6) is 1.37. The van der Waals surface area contributed by atoms with Gasteiger partial charge in [-0.05, 0) is 57.7 Å². The third kappa shape index (κ3) is 10.6. The topological polar surface area (TPSA) is 114 Å². The molecule has 0 fully saturated rings. The Bertz CT molecular complexity index is 731. The number of carbonyl (C=O) groups excluding carboxylic acids is 2. The van der Waals surface area contributed by atoms with Gasteiger partial charge in [0.2, 0.25) is 0 Å². The number of aliphatic carboxylic acids is 1. The van der Waals surface area contributed by atoms with Gasteiger partial charge in [0.25, 0.3) is 0 Å². The van der Waals surface area contributed by atoms with Crippen molar-refractivity contribution in [1.29, 1.82) is 0 Å². The molecule has 1 aromatic carbocycles. The van der Waals surface area contributed by atoms with Crippen molar-refractivity contribution >= 4 is 18.2 Å². The van der Waals surface area contributed by atoms with Crippen molar-refractivity contribution in [2.24, 2.45) is 0 Å². The molecule has 3 N–H and O–H groups in total.